The fraction of sp³-hybridized carbons (Fsp3) is 0.200. The molecular formula is C15H16ClNO2. The Morgan fingerprint density at radius 1 is 1.16 bits per heavy atom. The van der Waals surface area contributed by atoms with Crippen molar-refractivity contribution in [1.82, 2.24) is 0 Å². The monoisotopic (exact) mass is 277 g/mol. The van der Waals surface area contributed by atoms with Gasteiger partial charge >= 0.3 is 0 Å². The molecule has 19 heavy (non-hydrogen) atoms. The van der Waals surface area contributed by atoms with Gasteiger partial charge in [-0.1, -0.05) is 23.7 Å². The molecule has 0 aliphatic heterocycles. The highest BCUT2D eigenvalue weighted by molar-refractivity contribution is 6.30. The third kappa shape index (κ3) is 3.63. The molecule has 0 bridgehead atoms. The lowest BCUT2D eigenvalue weighted by Gasteiger charge is -2.11. The van der Waals surface area contributed by atoms with Crippen molar-refractivity contribution in [2.75, 3.05) is 12.4 Å². The second-order valence-electron chi connectivity index (χ2n) is 4.16. The van der Waals surface area contributed by atoms with Crippen LogP contribution in [-0.4, -0.2) is 12.2 Å². The van der Waals surface area contributed by atoms with E-state index in [9.17, 15) is 5.11 Å². The normalized spacial score (nSPS) is 10.3. The van der Waals surface area contributed by atoms with Gasteiger partial charge in [0.15, 0.2) is 0 Å². The van der Waals surface area contributed by atoms with E-state index in [0.717, 1.165) is 21.8 Å². The van der Waals surface area contributed by atoms with Crippen LogP contribution in [0, 0.1) is 0 Å². The minimum Gasteiger partial charge on any atom is -0.496 e. The Bertz CT molecular complexity index is 540. The summed E-state index contributed by atoms with van der Waals surface area (Å²) in [6.07, 6.45) is 0. The van der Waals surface area contributed by atoms with Crippen LogP contribution in [0.5, 0.6) is 5.75 Å². The van der Waals surface area contributed by atoms with Crippen LogP contribution in [0.15, 0.2) is 42.5 Å². The molecule has 0 saturated heterocycles. The van der Waals surface area contributed by atoms with Crippen molar-refractivity contribution in [3.63, 3.8) is 0 Å². The number of halogens is 1. The molecule has 0 atom stereocenters. The SMILES string of the molecule is COc1ccc(NCc2ccc(Cl)cc2)cc1CO. The Morgan fingerprint density at radius 3 is 2.53 bits per heavy atom. The summed E-state index contributed by atoms with van der Waals surface area (Å²) in [5.41, 5.74) is 2.86. The zero-order valence-electron chi connectivity index (χ0n) is 10.7. The van der Waals surface area contributed by atoms with Gasteiger partial charge in [-0.25, -0.2) is 0 Å². The summed E-state index contributed by atoms with van der Waals surface area (Å²) in [5, 5.41) is 13.3. The van der Waals surface area contributed by atoms with Gasteiger partial charge < -0.3 is 15.2 Å². The largest absolute Gasteiger partial charge is 0.496 e. The number of aliphatic hydroxyl groups is 1. The molecule has 2 aromatic carbocycles. The quantitative estimate of drug-likeness (QED) is 0.879. The number of hydrogen-bond donors (Lipinski definition) is 2. The Hall–Kier alpha value is -1.71. The lowest BCUT2D eigenvalue weighted by Crippen LogP contribution is -2.00. The number of aliphatic hydroxyl groups excluding tert-OH is 1. The first-order valence-electron chi connectivity index (χ1n) is 5.99. The first-order chi connectivity index (χ1) is 9.22. The second-order valence-corrected chi connectivity index (χ2v) is 4.60. The van der Waals surface area contributed by atoms with Crippen molar-refractivity contribution in [1.29, 1.82) is 0 Å². The number of hydrogen-bond acceptors (Lipinski definition) is 3. The minimum atomic E-state index is -0.0420. The van der Waals surface area contributed by atoms with Crippen LogP contribution >= 0.6 is 11.6 Å². The molecule has 0 radical (unpaired) electrons. The standard InChI is InChI=1S/C15H16ClNO2/c1-19-15-7-6-14(8-12(15)10-18)17-9-11-2-4-13(16)5-3-11/h2-8,17-18H,9-10H2,1H3. The van der Waals surface area contributed by atoms with Crippen LogP contribution in [0.2, 0.25) is 5.02 Å². The Kier molecular flexibility index (Phi) is 4.66. The van der Waals surface area contributed by atoms with E-state index in [2.05, 4.69) is 5.32 Å². The van der Waals surface area contributed by atoms with Gasteiger partial charge in [0.25, 0.3) is 0 Å². The summed E-state index contributed by atoms with van der Waals surface area (Å²) >= 11 is 5.84. The summed E-state index contributed by atoms with van der Waals surface area (Å²) in [4.78, 5) is 0. The summed E-state index contributed by atoms with van der Waals surface area (Å²) in [7, 11) is 1.59. The molecule has 0 spiro atoms. The van der Waals surface area contributed by atoms with Crippen LogP contribution in [0.25, 0.3) is 0 Å². The molecule has 0 aliphatic carbocycles. The van der Waals surface area contributed by atoms with Crippen molar-refractivity contribution >= 4 is 17.3 Å². The molecule has 0 heterocycles. The number of anilines is 1. The van der Waals surface area contributed by atoms with Gasteiger partial charge in [-0.15, -0.1) is 0 Å². The fourth-order valence-corrected chi connectivity index (χ4v) is 1.94. The molecule has 100 valence electrons. The van der Waals surface area contributed by atoms with E-state index in [0.29, 0.717) is 12.3 Å². The van der Waals surface area contributed by atoms with Crippen LogP contribution in [0.1, 0.15) is 11.1 Å². The second kappa shape index (κ2) is 6.45. The molecule has 2 N–H and O–H groups in total. The van der Waals surface area contributed by atoms with E-state index in [1.54, 1.807) is 7.11 Å². The molecule has 2 aromatic rings. The van der Waals surface area contributed by atoms with Crippen LogP contribution < -0.4 is 10.1 Å². The summed E-state index contributed by atoms with van der Waals surface area (Å²) in [6.45, 7) is 0.661. The number of rotatable bonds is 5. The minimum absolute atomic E-state index is 0.0420. The molecular weight excluding hydrogens is 262 g/mol. The van der Waals surface area contributed by atoms with Gasteiger partial charge in [0.1, 0.15) is 5.75 Å². The van der Waals surface area contributed by atoms with Crippen molar-refractivity contribution < 1.29 is 9.84 Å². The van der Waals surface area contributed by atoms with Gasteiger partial charge in [-0.3, -0.25) is 0 Å². The number of methoxy groups -OCH3 is 1. The van der Waals surface area contributed by atoms with E-state index < -0.39 is 0 Å². The maximum absolute atomic E-state index is 9.27. The van der Waals surface area contributed by atoms with E-state index in [1.807, 2.05) is 42.5 Å². The van der Waals surface area contributed by atoms with E-state index in [-0.39, 0.29) is 6.61 Å². The van der Waals surface area contributed by atoms with Gasteiger partial charge in [0.2, 0.25) is 0 Å². The fourth-order valence-electron chi connectivity index (χ4n) is 1.82. The van der Waals surface area contributed by atoms with E-state index in [4.69, 9.17) is 16.3 Å². The average molecular weight is 278 g/mol. The van der Waals surface area contributed by atoms with Gasteiger partial charge in [-0.2, -0.15) is 0 Å². The van der Waals surface area contributed by atoms with E-state index in [1.165, 1.54) is 0 Å². The van der Waals surface area contributed by atoms with Gasteiger partial charge in [-0.05, 0) is 35.9 Å². The average Bonchev–Trinajstić information content (AvgIpc) is 2.46. The molecule has 3 nitrogen and oxygen atoms in total. The highest BCUT2D eigenvalue weighted by Crippen LogP contribution is 2.23. The van der Waals surface area contributed by atoms with E-state index >= 15 is 0 Å². The van der Waals surface area contributed by atoms with Crippen molar-refractivity contribution in [3.05, 3.63) is 58.6 Å². The first-order valence-corrected chi connectivity index (χ1v) is 6.37. The first kappa shape index (κ1) is 13.7. The Labute approximate surface area is 117 Å². The third-order valence-corrected chi connectivity index (χ3v) is 3.11. The molecule has 0 saturated carbocycles. The molecule has 0 aromatic heterocycles. The van der Waals surface area contributed by atoms with Crippen molar-refractivity contribution in [3.8, 4) is 5.75 Å². The molecule has 0 aliphatic rings. The topological polar surface area (TPSA) is 41.5 Å². The van der Waals surface area contributed by atoms with Crippen LogP contribution in [0.3, 0.4) is 0 Å². The zero-order valence-corrected chi connectivity index (χ0v) is 11.4. The van der Waals surface area contributed by atoms with Crippen molar-refractivity contribution in [2.24, 2.45) is 0 Å². The molecule has 2 rings (SSSR count). The summed E-state index contributed by atoms with van der Waals surface area (Å²) < 4.78 is 5.16. The van der Waals surface area contributed by atoms with Crippen molar-refractivity contribution in [2.45, 2.75) is 13.2 Å². The Balaban J connectivity index is 2.05. The predicted octanol–water partition coefficient (Wildman–Crippen LogP) is 3.45. The smallest absolute Gasteiger partial charge is 0.124 e. The highest BCUT2D eigenvalue weighted by atomic mass is 35.5. The van der Waals surface area contributed by atoms with Gasteiger partial charge in [0, 0.05) is 22.8 Å². The lowest BCUT2D eigenvalue weighted by atomic mass is 10.1. The molecule has 0 fully saturated rings. The molecule has 0 unspecified atom stereocenters. The maximum atomic E-state index is 9.27. The predicted molar refractivity (Wildman–Crippen MR) is 77.7 cm³/mol. The lowest BCUT2D eigenvalue weighted by molar-refractivity contribution is 0.274. The number of ether oxygens (including phenoxy) is 1. The summed E-state index contributed by atoms with van der Waals surface area (Å²) in [5.74, 6) is 0.694. The molecule has 4 heteroatoms. The highest BCUT2D eigenvalue weighted by Gasteiger charge is 2.03. The number of nitrogens with one attached hydrogen (secondary N) is 1. The Morgan fingerprint density at radius 2 is 1.89 bits per heavy atom. The number of benzene rings is 2. The van der Waals surface area contributed by atoms with Crippen LogP contribution in [0.4, 0.5) is 5.69 Å². The maximum Gasteiger partial charge on any atom is 0.124 e. The third-order valence-electron chi connectivity index (χ3n) is 2.86. The van der Waals surface area contributed by atoms with Gasteiger partial charge in [0.05, 0.1) is 13.7 Å². The zero-order chi connectivity index (χ0) is 13.7. The molecule has 0 amide bonds. The van der Waals surface area contributed by atoms with Crippen LogP contribution in [-0.2, 0) is 13.2 Å². The summed E-state index contributed by atoms with van der Waals surface area (Å²) in [6, 6.07) is 13.3.